The number of aromatic nitrogens is 1. The van der Waals surface area contributed by atoms with E-state index in [0.29, 0.717) is 16.4 Å². The molecule has 1 heterocycles. The average Bonchev–Trinajstić information content (AvgIpc) is 3.25. The maximum atomic E-state index is 9.29. The van der Waals surface area contributed by atoms with Crippen molar-refractivity contribution in [3.05, 3.63) is 34.9 Å². The normalized spacial score (nSPS) is 15.7. The number of halogens is 1. The summed E-state index contributed by atoms with van der Waals surface area (Å²) in [6.45, 7) is 0.999. The van der Waals surface area contributed by atoms with E-state index >= 15 is 0 Å². The van der Waals surface area contributed by atoms with Crippen LogP contribution < -0.4 is 5.32 Å². The van der Waals surface area contributed by atoms with E-state index < -0.39 is 0 Å². The van der Waals surface area contributed by atoms with Crippen molar-refractivity contribution in [1.82, 2.24) is 4.98 Å². The second-order valence-electron chi connectivity index (χ2n) is 5.66. The molecule has 1 fully saturated rings. The van der Waals surface area contributed by atoms with Crippen molar-refractivity contribution in [2.75, 3.05) is 18.5 Å². The van der Waals surface area contributed by atoms with Crippen LogP contribution in [0.25, 0.3) is 10.9 Å². The first-order valence-electron chi connectivity index (χ1n) is 7.01. The molecule has 21 heavy (non-hydrogen) atoms. The number of anilines is 1. The van der Waals surface area contributed by atoms with E-state index in [4.69, 9.17) is 16.7 Å². The summed E-state index contributed by atoms with van der Waals surface area (Å²) in [5, 5.41) is 23.1. The summed E-state index contributed by atoms with van der Waals surface area (Å²) < 4.78 is 0. The Labute approximate surface area is 128 Å². The van der Waals surface area contributed by atoms with Gasteiger partial charge in [-0.15, -0.1) is 0 Å². The van der Waals surface area contributed by atoms with Gasteiger partial charge in [-0.3, -0.25) is 0 Å². The maximum Gasteiger partial charge on any atom is 0.128 e. The zero-order valence-electron chi connectivity index (χ0n) is 11.6. The Balaban J connectivity index is 1.86. The minimum absolute atomic E-state index is 0.207. The molecular formula is C16H16ClN3O. The fraction of sp³-hybridized carbons (Fsp3) is 0.375. The second kappa shape index (κ2) is 5.51. The molecule has 0 saturated heterocycles. The van der Waals surface area contributed by atoms with Gasteiger partial charge in [0, 0.05) is 23.6 Å². The second-order valence-corrected chi connectivity index (χ2v) is 6.09. The average molecular weight is 302 g/mol. The fourth-order valence-electron chi connectivity index (χ4n) is 2.59. The fourth-order valence-corrected chi connectivity index (χ4v) is 2.76. The Morgan fingerprint density at radius 3 is 2.86 bits per heavy atom. The molecule has 0 spiro atoms. The van der Waals surface area contributed by atoms with Crippen LogP contribution in [0.2, 0.25) is 5.02 Å². The predicted octanol–water partition coefficient (Wildman–Crippen LogP) is 3.33. The van der Waals surface area contributed by atoms with Gasteiger partial charge in [0.15, 0.2) is 0 Å². The molecular weight excluding hydrogens is 286 g/mol. The Kier molecular flexibility index (Phi) is 3.71. The van der Waals surface area contributed by atoms with E-state index in [1.165, 1.54) is 0 Å². The van der Waals surface area contributed by atoms with Crippen molar-refractivity contribution >= 4 is 28.3 Å². The lowest BCUT2D eigenvalue weighted by Crippen LogP contribution is -2.17. The van der Waals surface area contributed by atoms with Gasteiger partial charge in [0.05, 0.1) is 17.1 Å². The highest BCUT2D eigenvalue weighted by Gasteiger charge is 2.41. The highest BCUT2D eigenvalue weighted by Crippen LogP contribution is 2.48. The first kappa shape index (κ1) is 14.1. The lowest BCUT2D eigenvalue weighted by Gasteiger charge is -2.15. The number of hydrogen-bond acceptors (Lipinski definition) is 4. The highest BCUT2D eigenvalue weighted by molar-refractivity contribution is 6.31. The summed E-state index contributed by atoms with van der Waals surface area (Å²) in [7, 11) is 0. The highest BCUT2D eigenvalue weighted by atomic mass is 35.5. The first-order valence-corrected chi connectivity index (χ1v) is 7.39. The number of nitrogens with one attached hydrogen (secondary N) is 1. The molecule has 1 saturated carbocycles. The van der Waals surface area contributed by atoms with Crippen LogP contribution in [-0.2, 0) is 0 Å². The van der Waals surface area contributed by atoms with E-state index in [2.05, 4.69) is 16.4 Å². The number of hydrogen-bond donors (Lipinski definition) is 2. The molecule has 0 atom stereocenters. The molecule has 0 radical (unpaired) electrons. The summed E-state index contributed by atoms with van der Waals surface area (Å²) in [5.41, 5.74) is 1.53. The van der Waals surface area contributed by atoms with Crippen LogP contribution >= 0.6 is 11.6 Å². The standard InChI is InChI=1S/C16H16ClN3O/c17-12-1-2-14-13(8-12)11(9-18)7-15(20-14)19-10-16(3-4-16)5-6-21/h1-2,7-8,21H,3-6,10H2,(H,19,20). The monoisotopic (exact) mass is 301 g/mol. The number of rotatable bonds is 5. The Morgan fingerprint density at radius 1 is 1.38 bits per heavy atom. The van der Waals surface area contributed by atoms with Gasteiger partial charge in [-0.2, -0.15) is 5.26 Å². The van der Waals surface area contributed by atoms with Gasteiger partial charge in [0.2, 0.25) is 0 Å². The number of nitrogens with zero attached hydrogens (tertiary/aromatic N) is 2. The molecule has 1 aliphatic carbocycles. The minimum atomic E-state index is 0.207. The SMILES string of the molecule is N#Cc1cc(NCC2(CCO)CC2)nc2ccc(Cl)cc12. The zero-order chi connectivity index (χ0) is 14.9. The van der Waals surface area contributed by atoms with E-state index in [1.807, 2.05) is 6.07 Å². The number of pyridine rings is 1. The molecule has 5 heteroatoms. The molecule has 2 N–H and O–H groups in total. The number of nitriles is 1. The molecule has 3 rings (SSSR count). The Bertz CT molecular complexity index is 719. The first-order chi connectivity index (χ1) is 10.2. The smallest absolute Gasteiger partial charge is 0.128 e. The van der Waals surface area contributed by atoms with Crippen molar-refractivity contribution in [3.63, 3.8) is 0 Å². The quantitative estimate of drug-likeness (QED) is 0.889. The van der Waals surface area contributed by atoms with Crippen LogP contribution in [0.4, 0.5) is 5.82 Å². The Morgan fingerprint density at radius 2 is 2.19 bits per heavy atom. The number of aliphatic hydroxyl groups is 1. The van der Waals surface area contributed by atoms with Gasteiger partial charge >= 0.3 is 0 Å². The lowest BCUT2D eigenvalue weighted by atomic mass is 10.0. The molecule has 1 aliphatic rings. The van der Waals surface area contributed by atoms with E-state index in [1.54, 1.807) is 18.2 Å². The number of aliphatic hydroxyl groups excluding tert-OH is 1. The van der Waals surface area contributed by atoms with E-state index in [9.17, 15) is 5.26 Å². The van der Waals surface area contributed by atoms with Crippen molar-refractivity contribution in [3.8, 4) is 6.07 Å². The maximum absolute atomic E-state index is 9.29. The predicted molar refractivity (Wildman–Crippen MR) is 83.3 cm³/mol. The largest absolute Gasteiger partial charge is 0.396 e. The molecule has 0 aliphatic heterocycles. The Hall–Kier alpha value is -1.83. The number of benzene rings is 1. The molecule has 2 aromatic rings. The van der Waals surface area contributed by atoms with E-state index in [-0.39, 0.29) is 12.0 Å². The van der Waals surface area contributed by atoms with Crippen molar-refractivity contribution in [2.24, 2.45) is 5.41 Å². The third-order valence-corrected chi connectivity index (χ3v) is 4.37. The van der Waals surface area contributed by atoms with Crippen molar-refractivity contribution in [1.29, 1.82) is 5.26 Å². The topological polar surface area (TPSA) is 68.9 Å². The van der Waals surface area contributed by atoms with E-state index in [0.717, 1.165) is 36.7 Å². The zero-order valence-corrected chi connectivity index (χ0v) is 12.3. The van der Waals surface area contributed by atoms with Crippen molar-refractivity contribution in [2.45, 2.75) is 19.3 Å². The van der Waals surface area contributed by atoms with Crippen molar-refractivity contribution < 1.29 is 5.11 Å². The van der Waals surface area contributed by atoms with Crippen LogP contribution in [0.3, 0.4) is 0 Å². The van der Waals surface area contributed by atoms with Crippen LogP contribution in [0.15, 0.2) is 24.3 Å². The third kappa shape index (κ3) is 2.94. The molecule has 1 aromatic heterocycles. The summed E-state index contributed by atoms with van der Waals surface area (Å²) >= 11 is 5.97. The van der Waals surface area contributed by atoms with Crippen LogP contribution in [0.5, 0.6) is 0 Å². The van der Waals surface area contributed by atoms with Crippen LogP contribution in [0.1, 0.15) is 24.8 Å². The molecule has 108 valence electrons. The van der Waals surface area contributed by atoms with Gasteiger partial charge in [-0.1, -0.05) is 11.6 Å². The van der Waals surface area contributed by atoms with Gasteiger partial charge in [0.25, 0.3) is 0 Å². The van der Waals surface area contributed by atoms with Gasteiger partial charge < -0.3 is 10.4 Å². The molecule has 0 amide bonds. The summed E-state index contributed by atoms with van der Waals surface area (Å²) in [6, 6.07) is 9.32. The number of fused-ring (bicyclic) bond motifs is 1. The summed E-state index contributed by atoms with van der Waals surface area (Å²) in [4.78, 5) is 4.53. The molecule has 4 nitrogen and oxygen atoms in total. The minimum Gasteiger partial charge on any atom is -0.396 e. The van der Waals surface area contributed by atoms with Crippen LogP contribution in [0, 0.1) is 16.7 Å². The summed E-state index contributed by atoms with van der Waals surface area (Å²) in [6.07, 6.45) is 3.08. The molecule has 1 aromatic carbocycles. The van der Waals surface area contributed by atoms with Gasteiger partial charge in [-0.05, 0) is 48.9 Å². The van der Waals surface area contributed by atoms with Gasteiger partial charge in [0.1, 0.15) is 5.82 Å². The molecule has 0 bridgehead atoms. The van der Waals surface area contributed by atoms with Gasteiger partial charge in [-0.25, -0.2) is 4.98 Å². The lowest BCUT2D eigenvalue weighted by molar-refractivity contribution is 0.253. The summed E-state index contributed by atoms with van der Waals surface area (Å²) in [5.74, 6) is 0.700. The molecule has 0 unspecified atom stereocenters. The third-order valence-electron chi connectivity index (χ3n) is 4.13. The van der Waals surface area contributed by atoms with Crippen LogP contribution in [-0.4, -0.2) is 23.2 Å².